The first-order valence-electron chi connectivity index (χ1n) is 9.05. The number of nitrogens with zero attached hydrogens (tertiary/aromatic N) is 5. The summed E-state index contributed by atoms with van der Waals surface area (Å²) in [5, 5.41) is 8.57. The van der Waals surface area contributed by atoms with Crippen molar-refractivity contribution in [1.82, 2.24) is 14.5 Å². The molecule has 2 aromatic rings. The Morgan fingerprint density at radius 3 is 2.30 bits per heavy atom. The van der Waals surface area contributed by atoms with Gasteiger partial charge in [0, 0.05) is 39.3 Å². The van der Waals surface area contributed by atoms with Gasteiger partial charge in [-0.15, -0.1) is 10.2 Å². The number of hydrogen-bond donors (Lipinski definition) is 0. The Labute approximate surface area is 159 Å². The number of aromatic nitrogens is 2. The predicted octanol–water partition coefficient (Wildman–Crippen LogP) is 1.97. The molecule has 0 saturated carbocycles. The minimum Gasteiger partial charge on any atom is -0.356 e. The second-order valence-electron chi connectivity index (χ2n) is 6.27. The Hall–Kier alpha value is -2.26. The number of rotatable bonds is 6. The van der Waals surface area contributed by atoms with Gasteiger partial charge >= 0.3 is 0 Å². The molecule has 0 atom stereocenters. The van der Waals surface area contributed by atoms with Gasteiger partial charge in [0.1, 0.15) is 5.82 Å². The van der Waals surface area contributed by atoms with Gasteiger partial charge in [-0.3, -0.25) is 0 Å². The van der Waals surface area contributed by atoms with Crippen molar-refractivity contribution in [1.29, 1.82) is 0 Å². The summed E-state index contributed by atoms with van der Waals surface area (Å²) in [7, 11) is -3.69. The van der Waals surface area contributed by atoms with E-state index in [1.807, 2.05) is 17.0 Å². The molecule has 9 heteroatoms. The minimum absolute atomic E-state index is 0.0145. The molecule has 0 amide bonds. The number of piperazine rings is 1. The van der Waals surface area contributed by atoms with E-state index in [1.54, 1.807) is 0 Å². The summed E-state index contributed by atoms with van der Waals surface area (Å²) in [6, 6.07) is 8.97. The van der Waals surface area contributed by atoms with E-state index in [0.717, 1.165) is 30.8 Å². The van der Waals surface area contributed by atoms with Crippen LogP contribution >= 0.6 is 0 Å². The Kier molecular flexibility index (Phi) is 5.91. The third-order valence-electron chi connectivity index (χ3n) is 4.72. The molecular formula is C18H24FN5O2S. The molecule has 146 valence electrons. The van der Waals surface area contributed by atoms with Gasteiger partial charge in [-0.1, -0.05) is 6.07 Å². The summed E-state index contributed by atoms with van der Waals surface area (Å²) in [5.74, 6) is 1.00. The summed E-state index contributed by atoms with van der Waals surface area (Å²) in [6.45, 7) is 7.51. The fourth-order valence-corrected chi connectivity index (χ4v) is 4.59. The molecule has 1 saturated heterocycles. The van der Waals surface area contributed by atoms with E-state index in [-0.39, 0.29) is 4.90 Å². The second-order valence-corrected chi connectivity index (χ2v) is 8.21. The molecular weight excluding hydrogens is 369 g/mol. The molecule has 2 heterocycles. The molecule has 1 aliphatic rings. The second kappa shape index (κ2) is 8.18. The SMILES string of the molecule is CCN(CC)c1ccc(N2CCN(S(=O)(=O)c3cccc(F)c3)CC2)nn1. The van der Waals surface area contributed by atoms with E-state index in [0.29, 0.717) is 26.2 Å². The molecule has 0 bridgehead atoms. The van der Waals surface area contributed by atoms with Crippen LogP contribution in [0.1, 0.15) is 13.8 Å². The molecule has 0 aliphatic carbocycles. The quantitative estimate of drug-likeness (QED) is 0.747. The summed E-state index contributed by atoms with van der Waals surface area (Å²) >= 11 is 0. The van der Waals surface area contributed by atoms with Crippen LogP contribution in [0.25, 0.3) is 0 Å². The highest BCUT2D eigenvalue weighted by Crippen LogP contribution is 2.21. The van der Waals surface area contributed by atoms with Crippen LogP contribution in [-0.2, 0) is 10.0 Å². The first-order valence-corrected chi connectivity index (χ1v) is 10.5. The molecule has 0 N–H and O–H groups in total. The normalized spacial score (nSPS) is 15.7. The largest absolute Gasteiger partial charge is 0.356 e. The molecule has 1 aromatic carbocycles. The topological polar surface area (TPSA) is 69.6 Å². The Morgan fingerprint density at radius 2 is 1.74 bits per heavy atom. The zero-order chi connectivity index (χ0) is 19.4. The van der Waals surface area contributed by atoms with Gasteiger partial charge in [0.25, 0.3) is 0 Å². The Bertz CT molecular complexity index is 864. The van der Waals surface area contributed by atoms with Gasteiger partial charge in [0.15, 0.2) is 11.6 Å². The van der Waals surface area contributed by atoms with Crippen LogP contribution in [0.15, 0.2) is 41.3 Å². The van der Waals surface area contributed by atoms with Gasteiger partial charge in [0.2, 0.25) is 10.0 Å². The fourth-order valence-electron chi connectivity index (χ4n) is 3.14. The standard InChI is InChI=1S/C18H24FN5O2S/c1-3-22(4-2)17-8-9-18(21-20-17)23-10-12-24(13-11-23)27(25,26)16-7-5-6-15(19)14-16/h5-9,14H,3-4,10-13H2,1-2H3. The van der Waals surface area contributed by atoms with Crippen LogP contribution < -0.4 is 9.80 Å². The number of sulfonamides is 1. The third-order valence-corrected chi connectivity index (χ3v) is 6.61. The zero-order valence-electron chi connectivity index (χ0n) is 15.5. The van der Waals surface area contributed by atoms with Crippen LogP contribution in [0, 0.1) is 5.82 Å². The predicted molar refractivity (Wildman–Crippen MR) is 103 cm³/mol. The molecule has 1 aromatic heterocycles. The lowest BCUT2D eigenvalue weighted by molar-refractivity contribution is 0.383. The van der Waals surface area contributed by atoms with Crippen molar-refractivity contribution in [2.24, 2.45) is 0 Å². The zero-order valence-corrected chi connectivity index (χ0v) is 16.4. The summed E-state index contributed by atoms with van der Waals surface area (Å²) in [5.41, 5.74) is 0. The molecule has 0 spiro atoms. The van der Waals surface area contributed by atoms with Crippen LogP contribution in [0.3, 0.4) is 0 Å². The van der Waals surface area contributed by atoms with E-state index in [2.05, 4.69) is 28.9 Å². The van der Waals surface area contributed by atoms with Crippen molar-refractivity contribution in [3.8, 4) is 0 Å². The van der Waals surface area contributed by atoms with E-state index in [9.17, 15) is 12.8 Å². The molecule has 27 heavy (non-hydrogen) atoms. The minimum atomic E-state index is -3.69. The maximum atomic E-state index is 13.4. The van der Waals surface area contributed by atoms with Crippen LogP contribution in [-0.4, -0.2) is 62.2 Å². The van der Waals surface area contributed by atoms with E-state index < -0.39 is 15.8 Å². The average Bonchev–Trinajstić information content (AvgIpc) is 2.69. The maximum Gasteiger partial charge on any atom is 0.243 e. The monoisotopic (exact) mass is 393 g/mol. The lowest BCUT2D eigenvalue weighted by atomic mass is 10.3. The Balaban J connectivity index is 1.66. The Morgan fingerprint density at radius 1 is 1.04 bits per heavy atom. The van der Waals surface area contributed by atoms with Crippen molar-refractivity contribution in [3.63, 3.8) is 0 Å². The molecule has 1 aliphatic heterocycles. The fraction of sp³-hybridized carbons (Fsp3) is 0.444. The number of benzene rings is 1. The lowest BCUT2D eigenvalue weighted by Gasteiger charge is -2.34. The summed E-state index contributed by atoms with van der Waals surface area (Å²) in [4.78, 5) is 4.11. The highest BCUT2D eigenvalue weighted by molar-refractivity contribution is 7.89. The van der Waals surface area contributed by atoms with Crippen LogP contribution in [0.2, 0.25) is 0 Å². The average molecular weight is 393 g/mol. The van der Waals surface area contributed by atoms with Crippen molar-refractivity contribution < 1.29 is 12.8 Å². The lowest BCUT2D eigenvalue weighted by Crippen LogP contribution is -2.49. The first kappa shape index (κ1) is 19.5. The highest BCUT2D eigenvalue weighted by atomic mass is 32.2. The third kappa shape index (κ3) is 4.19. The molecule has 3 rings (SSSR count). The van der Waals surface area contributed by atoms with Crippen molar-refractivity contribution >= 4 is 21.7 Å². The summed E-state index contributed by atoms with van der Waals surface area (Å²) < 4.78 is 40.1. The van der Waals surface area contributed by atoms with Gasteiger partial charge < -0.3 is 9.80 Å². The molecule has 1 fully saturated rings. The van der Waals surface area contributed by atoms with E-state index in [1.165, 1.54) is 22.5 Å². The van der Waals surface area contributed by atoms with Gasteiger partial charge in [0.05, 0.1) is 4.90 Å². The van der Waals surface area contributed by atoms with Crippen molar-refractivity contribution in [3.05, 3.63) is 42.2 Å². The van der Waals surface area contributed by atoms with Gasteiger partial charge in [-0.05, 0) is 44.2 Å². The van der Waals surface area contributed by atoms with Crippen molar-refractivity contribution in [2.45, 2.75) is 18.7 Å². The van der Waals surface area contributed by atoms with Gasteiger partial charge in [-0.2, -0.15) is 4.31 Å². The van der Waals surface area contributed by atoms with Crippen LogP contribution in [0.5, 0.6) is 0 Å². The van der Waals surface area contributed by atoms with Gasteiger partial charge in [-0.25, -0.2) is 12.8 Å². The number of halogens is 1. The molecule has 7 nitrogen and oxygen atoms in total. The highest BCUT2D eigenvalue weighted by Gasteiger charge is 2.29. The molecule has 0 radical (unpaired) electrons. The summed E-state index contributed by atoms with van der Waals surface area (Å²) in [6.07, 6.45) is 0. The maximum absolute atomic E-state index is 13.4. The smallest absolute Gasteiger partial charge is 0.243 e. The first-order chi connectivity index (χ1) is 13.0. The van der Waals surface area contributed by atoms with Crippen molar-refractivity contribution in [2.75, 3.05) is 49.1 Å². The number of hydrogen-bond acceptors (Lipinski definition) is 6. The van der Waals surface area contributed by atoms with Crippen LogP contribution in [0.4, 0.5) is 16.0 Å². The molecule has 0 unspecified atom stereocenters. The number of anilines is 2. The van der Waals surface area contributed by atoms with E-state index >= 15 is 0 Å². The van der Waals surface area contributed by atoms with E-state index in [4.69, 9.17) is 0 Å².